The van der Waals surface area contributed by atoms with E-state index in [0.29, 0.717) is 12.2 Å². The number of halogens is 1. The smallest absolute Gasteiger partial charge is 0.185 e. The van der Waals surface area contributed by atoms with Crippen molar-refractivity contribution >= 4 is 27.8 Å². The van der Waals surface area contributed by atoms with Crippen LogP contribution in [0, 0.1) is 6.92 Å². The summed E-state index contributed by atoms with van der Waals surface area (Å²) in [4.78, 5) is 12.1. The molecule has 114 valence electrons. The molecule has 0 saturated heterocycles. The first-order valence-corrected chi connectivity index (χ1v) is 8.39. The Hall–Kier alpha value is -1.87. The molecule has 2 rings (SSSR count). The Balaban J connectivity index is 1.96. The average molecular weight is 359 g/mol. The minimum atomic E-state index is -0.00687. The Morgan fingerprint density at radius 2 is 1.77 bits per heavy atom. The zero-order valence-corrected chi connectivity index (χ0v) is 14.2. The lowest BCUT2D eigenvalue weighted by molar-refractivity contribution is 0.104. The number of aryl methyl sites for hydroxylation is 1. The molecule has 0 amide bonds. The van der Waals surface area contributed by atoms with Crippen molar-refractivity contribution in [3.05, 3.63) is 71.3 Å². The van der Waals surface area contributed by atoms with Gasteiger partial charge >= 0.3 is 0 Å². The summed E-state index contributed by atoms with van der Waals surface area (Å²) in [5.41, 5.74) is 2.89. The number of hydrogen-bond donors (Lipinski definition) is 0. The Labute approximate surface area is 139 Å². The van der Waals surface area contributed by atoms with Gasteiger partial charge in [0.25, 0.3) is 0 Å². The average Bonchev–Trinajstić information content (AvgIpc) is 2.55. The van der Waals surface area contributed by atoms with Crippen molar-refractivity contribution in [2.24, 2.45) is 0 Å². The van der Waals surface area contributed by atoms with Crippen molar-refractivity contribution in [1.82, 2.24) is 0 Å². The molecule has 0 N–H and O–H groups in total. The van der Waals surface area contributed by atoms with Gasteiger partial charge in [-0.25, -0.2) is 0 Å². The summed E-state index contributed by atoms with van der Waals surface area (Å²) >= 11 is 3.36. The molecule has 0 aliphatic heterocycles. The van der Waals surface area contributed by atoms with Crippen LogP contribution in [0.2, 0.25) is 0 Å². The van der Waals surface area contributed by atoms with E-state index in [0.717, 1.165) is 23.1 Å². The van der Waals surface area contributed by atoms with Crippen LogP contribution in [0.25, 0.3) is 6.08 Å². The van der Waals surface area contributed by atoms with E-state index in [-0.39, 0.29) is 5.78 Å². The van der Waals surface area contributed by atoms with E-state index in [4.69, 9.17) is 4.74 Å². The molecule has 0 aliphatic rings. The predicted octanol–water partition coefficient (Wildman–Crippen LogP) is 5.05. The highest BCUT2D eigenvalue weighted by Crippen LogP contribution is 2.14. The molecule has 2 nitrogen and oxygen atoms in total. The van der Waals surface area contributed by atoms with E-state index in [1.807, 2.05) is 49.4 Å². The van der Waals surface area contributed by atoms with Crippen LogP contribution in [0.15, 0.2) is 54.6 Å². The van der Waals surface area contributed by atoms with Crippen LogP contribution in [0.1, 0.15) is 27.9 Å². The molecule has 2 aromatic carbocycles. The summed E-state index contributed by atoms with van der Waals surface area (Å²) in [5.74, 6) is 0.785. The number of alkyl halides is 1. The molecule has 2 aromatic rings. The summed E-state index contributed by atoms with van der Waals surface area (Å²) in [6, 6.07) is 15.3. The van der Waals surface area contributed by atoms with Gasteiger partial charge in [-0.2, -0.15) is 0 Å². The highest BCUT2D eigenvalue weighted by molar-refractivity contribution is 9.09. The van der Waals surface area contributed by atoms with Crippen LogP contribution in [0.3, 0.4) is 0 Å². The van der Waals surface area contributed by atoms with Crippen LogP contribution in [0.5, 0.6) is 5.75 Å². The van der Waals surface area contributed by atoms with Gasteiger partial charge in [0.2, 0.25) is 0 Å². The second kappa shape index (κ2) is 8.54. The van der Waals surface area contributed by atoms with E-state index in [1.54, 1.807) is 18.2 Å². The molecule has 0 atom stereocenters. The lowest BCUT2D eigenvalue weighted by Gasteiger charge is -2.05. The van der Waals surface area contributed by atoms with Crippen molar-refractivity contribution in [2.75, 3.05) is 11.9 Å². The van der Waals surface area contributed by atoms with Crippen molar-refractivity contribution in [3.8, 4) is 5.75 Å². The number of ether oxygens (including phenoxy) is 1. The quantitative estimate of drug-likeness (QED) is 0.299. The molecule has 0 aliphatic carbocycles. The third-order valence-corrected chi connectivity index (χ3v) is 3.75. The second-order valence-electron chi connectivity index (χ2n) is 5.02. The Kier molecular flexibility index (Phi) is 6.41. The first kappa shape index (κ1) is 16.5. The van der Waals surface area contributed by atoms with E-state index in [2.05, 4.69) is 15.9 Å². The molecule has 0 fully saturated rings. The third-order valence-electron chi connectivity index (χ3n) is 3.19. The van der Waals surface area contributed by atoms with Crippen molar-refractivity contribution in [1.29, 1.82) is 0 Å². The van der Waals surface area contributed by atoms with Crippen molar-refractivity contribution in [2.45, 2.75) is 13.3 Å². The van der Waals surface area contributed by atoms with Gasteiger partial charge < -0.3 is 4.74 Å². The molecule has 0 aromatic heterocycles. The lowest BCUT2D eigenvalue weighted by Crippen LogP contribution is -1.99. The summed E-state index contributed by atoms with van der Waals surface area (Å²) in [6.45, 7) is 2.71. The van der Waals surface area contributed by atoms with Crippen LogP contribution in [-0.4, -0.2) is 17.7 Å². The third kappa shape index (κ3) is 5.15. The first-order chi connectivity index (χ1) is 10.7. The van der Waals surface area contributed by atoms with Gasteiger partial charge in [0.05, 0.1) is 6.61 Å². The summed E-state index contributed by atoms with van der Waals surface area (Å²) < 4.78 is 5.56. The van der Waals surface area contributed by atoms with Gasteiger partial charge in [-0.3, -0.25) is 4.79 Å². The molecule has 0 unspecified atom stereocenters. The normalized spacial score (nSPS) is 10.8. The van der Waals surface area contributed by atoms with Gasteiger partial charge in [-0.15, -0.1) is 0 Å². The van der Waals surface area contributed by atoms with E-state index in [1.165, 1.54) is 5.56 Å². The van der Waals surface area contributed by atoms with Crippen molar-refractivity contribution in [3.63, 3.8) is 0 Å². The van der Waals surface area contributed by atoms with Crippen molar-refractivity contribution < 1.29 is 9.53 Å². The maximum atomic E-state index is 12.1. The SMILES string of the molecule is Cc1ccc(/C=C/C(=O)c2ccc(OCCCBr)cc2)cc1. The Bertz CT molecular complexity index is 627. The minimum Gasteiger partial charge on any atom is -0.494 e. The lowest BCUT2D eigenvalue weighted by atomic mass is 10.1. The fraction of sp³-hybridized carbons (Fsp3) is 0.211. The van der Waals surface area contributed by atoms with Gasteiger partial charge in [0, 0.05) is 10.9 Å². The standard InChI is InChI=1S/C19H19BrO2/c1-15-3-5-16(6-4-15)7-12-19(21)17-8-10-18(11-9-17)22-14-2-13-20/h3-12H,2,13-14H2,1H3/b12-7+. The molecular weight excluding hydrogens is 340 g/mol. The topological polar surface area (TPSA) is 26.3 Å². The molecule has 0 bridgehead atoms. The summed E-state index contributed by atoms with van der Waals surface area (Å²) in [5, 5.41) is 0.924. The van der Waals surface area contributed by atoms with Crippen LogP contribution < -0.4 is 4.74 Å². The number of benzene rings is 2. The maximum Gasteiger partial charge on any atom is 0.185 e. The monoisotopic (exact) mass is 358 g/mol. The predicted molar refractivity (Wildman–Crippen MR) is 94.9 cm³/mol. The Morgan fingerprint density at radius 1 is 1.09 bits per heavy atom. The highest BCUT2D eigenvalue weighted by Gasteiger charge is 2.02. The van der Waals surface area contributed by atoms with E-state index >= 15 is 0 Å². The number of ketones is 1. The molecule has 22 heavy (non-hydrogen) atoms. The second-order valence-corrected chi connectivity index (χ2v) is 5.82. The van der Waals surface area contributed by atoms with Crippen LogP contribution >= 0.6 is 15.9 Å². The summed E-state index contributed by atoms with van der Waals surface area (Å²) in [7, 11) is 0. The number of carbonyl (C=O) groups is 1. The van der Waals surface area contributed by atoms with Gasteiger partial charge in [-0.1, -0.05) is 51.8 Å². The largest absolute Gasteiger partial charge is 0.494 e. The number of allylic oxidation sites excluding steroid dienone is 1. The van der Waals surface area contributed by atoms with Gasteiger partial charge in [0.1, 0.15) is 5.75 Å². The molecular formula is C19H19BrO2. The fourth-order valence-corrected chi connectivity index (χ4v) is 2.13. The fourth-order valence-electron chi connectivity index (χ4n) is 1.91. The van der Waals surface area contributed by atoms with E-state index < -0.39 is 0 Å². The van der Waals surface area contributed by atoms with Gasteiger partial charge in [-0.05, 0) is 49.2 Å². The molecule has 3 heteroatoms. The number of rotatable bonds is 7. The van der Waals surface area contributed by atoms with Crippen LogP contribution in [-0.2, 0) is 0 Å². The molecule has 0 heterocycles. The maximum absolute atomic E-state index is 12.1. The minimum absolute atomic E-state index is 0.00687. The highest BCUT2D eigenvalue weighted by atomic mass is 79.9. The molecule has 0 radical (unpaired) electrons. The zero-order valence-electron chi connectivity index (χ0n) is 12.6. The van der Waals surface area contributed by atoms with Gasteiger partial charge in [0.15, 0.2) is 5.78 Å². The number of carbonyl (C=O) groups excluding carboxylic acids is 1. The number of hydrogen-bond acceptors (Lipinski definition) is 2. The first-order valence-electron chi connectivity index (χ1n) is 7.27. The summed E-state index contributed by atoms with van der Waals surface area (Å²) in [6.07, 6.45) is 4.40. The zero-order chi connectivity index (χ0) is 15.8. The van der Waals surface area contributed by atoms with E-state index in [9.17, 15) is 4.79 Å². The van der Waals surface area contributed by atoms with Crippen LogP contribution in [0.4, 0.5) is 0 Å². The Morgan fingerprint density at radius 3 is 2.41 bits per heavy atom. The molecule has 0 saturated carbocycles. The molecule has 0 spiro atoms.